The minimum Gasteiger partial charge on any atom is -0.496 e. The molecule has 1 aliphatic rings. The SMILES string of the molecule is COc1cc2ccccc2cc1C(=O)N1CCN(C(=O)C(C)C)CC1. The second-order valence-corrected chi connectivity index (χ2v) is 6.67. The van der Waals surface area contributed by atoms with Crippen molar-refractivity contribution in [1.82, 2.24) is 9.80 Å². The Morgan fingerprint density at radius 1 is 0.960 bits per heavy atom. The molecule has 0 N–H and O–H groups in total. The Hall–Kier alpha value is -2.56. The first kappa shape index (κ1) is 17.3. The molecule has 1 heterocycles. The lowest BCUT2D eigenvalue weighted by Crippen LogP contribution is -2.51. The number of rotatable bonds is 3. The minimum atomic E-state index is -0.0424. The van der Waals surface area contributed by atoms with Gasteiger partial charge in [0.15, 0.2) is 0 Å². The lowest BCUT2D eigenvalue weighted by molar-refractivity contribution is -0.135. The summed E-state index contributed by atoms with van der Waals surface area (Å²) in [6.45, 7) is 6.07. The zero-order valence-corrected chi connectivity index (χ0v) is 15.0. The number of methoxy groups -OCH3 is 1. The molecule has 1 aliphatic heterocycles. The Morgan fingerprint density at radius 3 is 2.08 bits per heavy atom. The Bertz CT molecular complexity index is 793. The zero-order valence-electron chi connectivity index (χ0n) is 15.0. The average molecular weight is 340 g/mol. The number of hydrogen-bond acceptors (Lipinski definition) is 3. The monoisotopic (exact) mass is 340 g/mol. The van der Waals surface area contributed by atoms with Crippen molar-refractivity contribution in [3.63, 3.8) is 0 Å². The van der Waals surface area contributed by atoms with E-state index in [9.17, 15) is 9.59 Å². The largest absolute Gasteiger partial charge is 0.496 e. The highest BCUT2D eigenvalue weighted by molar-refractivity contribution is 6.01. The highest BCUT2D eigenvalue weighted by Gasteiger charge is 2.27. The first-order valence-corrected chi connectivity index (χ1v) is 8.66. The molecular weight excluding hydrogens is 316 g/mol. The van der Waals surface area contributed by atoms with Gasteiger partial charge in [0.05, 0.1) is 12.7 Å². The summed E-state index contributed by atoms with van der Waals surface area (Å²) >= 11 is 0. The lowest BCUT2D eigenvalue weighted by Gasteiger charge is -2.35. The maximum absolute atomic E-state index is 13.0. The van der Waals surface area contributed by atoms with Crippen LogP contribution in [0, 0.1) is 5.92 Å². The van der Waals surface area contributed by atoms with E-state index in [4.69, 9.17) is 4.74 Å². The summed E-state index contributed by atoms with van der Waals surface area (Å²) in [5.74, 6) is 0.682. The maximum Gasteiger partial charge on any atom is 0.257 e. The molecule has 0 unspecified atom stereocenters. The van der Waals surface area contributed by atoms with E-state index in [0.717, 1.165) is 10.8 Å². The van der Waals surface area contributed by atoms with Gasteiger partial charge in [0, 0.05) is 32.1 Å². The molecule has 2 aromatic rings. The lowest BCUT2D eigenvalue weighted by atomic mass is 10.0. The van der Waals surface area contributed by atoms with Crippen LogP contribution < -0.4 is 4.74 Å². The summed E-state index contributed by atoms with van der Waals surface area (Å²) < 4.78 is 5.44. The molecule has 0 aromatic heterocycles. The van der Waals surface area contributed by atoms with E-state index >= 15 is 0 Å². The summed E-state index contributed by atoms with van der Waals surface area (Å²) in [5.41, 5.74) is 0.574. The molecule has 1 saturated heterocycles. The fourth-order valence-corrected chi connectivity index (χ4v) is 3.22. The molecule has 0 spiro atoms. The van der Waals surface area contributed by atoms with E-state index in [1.54, 1.807) is 12.0 Å². The van der Waals surface area contributed by atoms with Crippen molar-refractivity contribution in [2.24, 2.45) is 5.92 Å². The van der Waals surface area contributed by atoms with Crippen LogP contribution in [0.4, 0.5) is 0 Å². The van der Waals surface area contributed by atoms with Crippen molar-refractivity contribution < 1.29 is 14.3 Å². The van der Waals surface area contributed by atoms with Gasteiger partial charge >= 0.3 is 0 Å². The number of carbonyl (C=O) groups is 2. The van der Waals surface area contributed by atoms with Crippen LogP contribution in [0.2, 0.25) is 0 Å². The number of hydrogen-bond donors (Lipinski definition) is 0. The Kier molecular flexibility index (Phi) is 4.93. The van der Waals surface area contributed by atoms with Gasteiger partial charge < -0.3 is 14.5 Å². The number of piperazine rings is 1. The second kappa shape index (κ2) is 7.13. The summed E-state index contributed by atoms with van der Waals surface area (Å²) in [5, 5.41) is 2.06. The van der Waals surface area contributed by atoms with E-state index in [1.165, 1.54) is 0 Å². The molecule has 25 heavy (non-hydrogen) atoms. The van der Waals surface area contributed by atoms with Crippen molar-refractivity contribution in [2.75, 3.05) is 33.3 Å². The van der Waals surface area contributed by atoms with E-state index in [2.05, 4.69) is 0 Å². The van der Waals surface area contributed by atoms with Gasteiger partial charge in [-0.25, -0.2) is 0 Å². The molecule has 3 rings (SSSR count). The molecule has 132 valence electrons. The van der Waals surface area contributed by atoms with Gasteiger partial charge in [0.25, 0.3) is 5.91 Å². The molecular formula is C20H24N2O3. The molecule has 5 nitrogen and oxygen atoms in total. The Balaban J connectivity index is 1.80. The molecule has 5 heteroatoms. The predicted molar refractivity (Wildman–Crippen MR) is 97.8 cm³/mol. The zero-order chi connectivity index (χ0) is 18.0. The number of fused-ring (bicyclic) bond motifs is 1. The van der Waals surface area contributed by atoms with Crippen LogP contribution in [-0.2, 0) is 4.79 Å². The van der Waals surface area contributed by atoms with Crippen LogP contribution in [-0.4, -0.2) is 54.9 Å². The third-order valence-electron chi connectivity index (χ3n) is 4.67. The minimum absolute atomic E-state index is 0.0113. The van der Waals surface area contributed by atoms with Gasteiger partial charge in [-0.2, -0.15) is 0 Å². The molecule has 0 atom stereocenters. The van der Waals surface area contributed by atoms with Gasteiger partial charge in [0.1, 0.15) is 5.75 Å². The van der Waals surface area contributed by atoms with Gasteiger partial charge in [-0.3, -0.25) is 9.59 Å². The van der Waals surface area contributed by atoms with Crippen molar-refractivity contribution >= 4 is 22.6 Å². The second-order valence-electron chi connectivity index (χ2n) is 6.67. The predicted octanol–water partition coefficient (Wildman–Crippen LogP) is 2.79. The van der Waals surface area contributed by atoms with Crippen LogP contribution in [0.1, 0.15) is 24.2 Å². The van der Waals surface area contributed by atoms with E-state index in [-0.39, 0.29) is 17.7 Å². The van der Waals surface area contributed by atoms with E-state index < -0.39 is 0 Å². The standard InChI is InChI=1S/C20H24N2O3/c1-14(2)19(23)21-8-10-22(11-9-21)20(24)17-12-15-6-4-5-7-16(15)13-18(17)25-3/h4-7,12-14H,8-11H2,1-3H3. The first-order valence-electron chi connectivity index (χ1n) is 8.66. The smallest absolute Gasteiger partial charge is 0.257 e. The summed E-state index contributed by atoms with van der Waals surface area (Å²) in [6, 6.07) is 11.7. The van der Waals surface area contributed by atoms with Crippen LogP contribution in [0.3, 0.4) is 0 Å². The highest BCUT2D eigenvalue weighted by atomic mass is 16.5. The van der Waals surface area contributed by atoms with E-state index in [0.29, 0.717) is 37.5 Å². The highest BCUT2D eigenvalue weighted by Crippen LogP contribution is 2.27. The number of benzene rings is 2. The summed E-state index contributed by atoms with van der Waals surface area (Å²) in [4.78, 5) is 28.7. The quantitative estimate of drug-likeness (QED) is 0.863. The third kappa shape index (κ3) is 3.45. The first-order chi connectivity index (χ1) is 12.0. The normalized spacial score (nSPS) is 14.9. The fraction of sp³-hybridized carbons (Fsp3) is 0.400. The summed E-state index contributed by atoms with van der Waals surface area (Å²) in [7, 11) is 1.58. The van der Waals surface area contributed by atoms with Gasteiger partial charge in [0.2, 0.25) is 5.91 Å². The molecule has 0 saturated carbocycles. The number of ether oxygens (including phenoxy) is 1. The number of carbonyl (C=O) groups excluding carboxylic acids is 2. The summed E-state index contributed by atoms with van der Waals surface area (Å²) in [6.07, 6.45) is 0. The Labute approximate surface area is 148 Å². The average Bonchev–Trinajstić information content (AvgIpc) is 2.65. The Morgan fingerprint density at radius 2 is 1.52 bits per heavy atom. The van der Waals surface area contributed by atoms with Crippen LogP contribution in [0.15, 0.2) is 36.4 Å². The topological polar surface area (TPSA) is 49.9 Å². The van der Waals surface area contributed by atoms with Gasteiger partial charge in [-0.1, -0.05) is 38.1 Å². The van der Waals surface area contributed by atoms with Crippen molar-refractivity contribution in [2.45, 2.75) is 13.8 Å². The van der Waals surface area contributed by atoms with Crippen LogP contribution in [0.25, 0.3) is 10.8 Å². The van der Waals surface area contributed by atoms with E-state index in [1.807, 2.05) is 55.1 Å². The molecule has 2 amide bonds. The van der Waals surface area contributed by atoms with Crippen LogP contribution >= 0.6 is 0 Å². The maximum atomic E-state index is 13.0. The van der Waals surface area contributed by atoms with Crippen molar-refractivity contribution in [1.29, 1.82) is 0 Å². The van der Waals surface area contributed by atoms with Gasteiger partial charge in [-0.15, -0.1) is 0 Å². The molecule has 1 fully saturated rings. The molecule has 0 radical (unpaired) electrons. The van der Waals surface area contributed by atoms with Crippen molar-refractivity contribution in [3.8, 4) is 5.75 Å². The number of amides is 2. The molecule has 0 aliphatic carbocycles. The molecule has 0 bridgehead atoms. The van der Waals surface area contributed by atoms with Crippen LogP contribution in [0.5, 0.6) is 5.75 Å². The number of nitrogens with zero attached hydrogens (tertiary/aromatic N) is 2. The van der Waals surface area contributed by atoms with Gasteiger partial charge in [-0.05, 0) is 22.9 Å². The van der Waals surface area contributed by atoms with Crippen molar-refractivity contribution in [3.05, 3.63) is 42.0 Å². The fourth-order valence-electron chi connectivity index (χ4n) is 3.22. The third-order valence-corrected chi connectivity index (χ3v) is 4.67. The molecule has 2 aromatic carbocycles.